The number of β-amino-alcohol motifs (C(OH)–C–C–N with tert-alkyl or cyclic N) is 1. The minimum Gasteiger partial charge on any atom is -0.390 e. The number of halogens is 1. The summed E-state index contributed by atoms with van der Waals surface area (Å²) in [5, 5.41) is 27.7. The number of aliphatic hydroxyl groups is 1. The van der Waals surface area contributed by atoms with Gasteiger partial charge in [0, 0.05) is 42.4 Å². The summed E-state index contributed by atoms with van der Waals surface area (Å²) in [6.45, 7) is 1.14. The van der Waals surface area contributed by atoms with E-state index in [0.717, 1.165) is 6.21 Å². The van der Waals surface area contributed by atoms with Crippen LogP contribution in [0.2, 0.25) is 0 Å². The van der Waals surface area contributed by atoms with Crippen molar-refractivity contribution < 1.29 is 14.8 Å². The monoisotopic (exact) mass is 425 g/mol. The second kappa shape index (κ2) is 8.50. The Balaban J connectivity index is 1.74. The Morgan fingerprint density at radius 3 is 2.81 bits per heavy atom. The molecule has 162 valence electrons. The molecule has 31 heavy (non-hydrogen) atoms. The zero-order valence-corrected chi connectivity index (χ0v) is 17.7. The molecule has 0 bridgehead atoms. The van der Waals surface area contributed by atoms with Crippen LogP contribution in [-0.2, 0) is 0 Å². The SMILES string of the molecule is C[NH2+]/C=C(\C=N)c1cc2c(-c3cc(N4CC(N(C)C)[C@H](O)C4)ncn3)n[nH]c2cc1F. The number of aromatic nitrogens is 4. The number of aromatic amines is 1. The minimum atomic E-state index is -0.466. The summed E-state index contributed by atoms with van der Waals surface area (Å²) in [4.78, 5) is 12.8. The standard InChI is InChI=1S/C21H25FN8O/c1-24-8-12(7-23)13-4-14-16(5-15(13)22)27-28-21(14)17-6-20(26-11-25-17)30-9-18(29(2)3)19(31)10-30/h4-8,11,18-19,23-24,31H,9-10H2,1-3H3,(H,27,28)/p+1/b12-8+,23-7?/t18?,19-/m1/s1. The maximum Gasteiger partial charge on any atom is 0.133 e. The second-order valence-corrected chi connectivity index (χ2v) is 7.81. The molecule has 0 radical (unpaired) electrons. The molecule has 2 atom stereocenters. The number of nitrogens with two attached hydrogens (primary N) is 1. The van der Waals surface area contributed by atoms with Crippen LogP contribution in [0.4, 0.5) is 10.2 Å². The molecule has 10 heteroatoms. The van der Waals surface area contributed by atoms with E-state index in [1.54, 1.807) is 17.6 Å². The van der Waals surface area contributed by atoms with Gasteiger partial charge in [-0.3, -0.25) is 5.10 Å². The smallest absolute Gasteiger partial charge is 0.133 e. The predicted octanol–water partition coefficient (Wildman–Crippen LogP) is 0.454. The molecule has 3 heterocycles. The highest BCUT2D eigenvalue weighted by atomic mass is 19.1. The van der Waals surface area contributed by atoms with Crippen molar-refractivity contribution in [2.24, 2.45) is 0 Å². The lowest BCUT2D eigenvalue weighted by Gasteiger charge is -2.21. The first kappa shape index (κ1) is 21.0. The van der Waals surface area contributed by atoms with E-state index in [9.17, 15) is 9.50 Å². The average molecular weight is 425 g/mol. The fraction of sp³-hybridized carbons (Fsp3) is 0.333. The fourth-order valence-electron chi connectivity index (χ4n) is 3.96. The van der Waals surface area contributed by atoms with Crippen LogP contribution in [0.5, 0.6) is 0 Å². The van der Waals surface area contributed by atoms with Gasteiger partial charge >= 0.3 is 0 Å². The van der Waals surface area contributed by atoms with E-state index in [2.05, 4.69) is 20.2 Å². The van der Waals surface area contributed by atoms with Crippen LogP contribution in [0.15, 0.2) is 30.7 Å². The minimum absolute atomic E-state index is 0.0249. The number of fused-ring (bicyclic) bond motifs is 1. The number of quaternary nitrogens is 1. The predicted molar refractivity (Wildman–Crippen MR) is 117 cm³/mol. The molecule has 0 saturated carbocycles. The molecule has 1 fully saturated rings. The summed E-state index contributed by atoms with van der Waals surface area (Å²) >= 11 is 0. The van der Waals surface area contributed by atoms with Gasteiger partial charge in [-0.05, 0) is 20.2 Å². The normalized spacial score (nSPS) is 19.5. The van der Waals surface area contributed by atoms with E-state index in [-0.39, 0.29) is 6.04 Å². The summed E-state index contributed by atoms with van der Waals surface area (Å²) in [6, 6.07) is 4.93. The van der Waals surface area contributed by atoms with Crippen molar-refractivity contribution in [1.82, 2.24) is 25.1 Å². The molecule has 1 aromatic carbocycles. The summed E-state index contributed by atoms with van der Waals surface area (Å²) in [5.41, 5.74) is 2.52. The third-order valence-corrected chi connectivity index (χ3v) is 5.60. The first-order chi connectivity index (χ1) is 14.9. The highest BCUT2D eigenvalue weighted by Crippen LogP contribution is 2.31. The van der Waals surface area contributed by atoms with E-state index < -0.39 is 11.9 Å². The Morgan fingerprint density at radius 1 is 1.32 bits per heavy atom. The molecule has 0 aliphatic carbocycles. The molecule has 4 rings (SSSR count). The number of H-pyrrole nitrogens is 1. The van der Waals surface area contributed by atoms with Crippen molar-refractivity contribution in [2.45, 2.75) is 12.1 Å². The number of rotatable bonds is 6. The van der Waals surface area contributed by atoms with Crippen molar-refractivity contribution in [3.63, 3.8) is 0 Å². The maximum absolute atomic E-state index is 14.6. The van der Waals surface area contributed by atoms with Crippen LogP contribution < -0.4 is 10.2 Å². The Bertz CT molecular complexity index is 1140. The lowest BCUT2D eigenvalue weighted by atomic mass is 10.0. The molecule has 9 nitrogen and oxygen atoms in total. The van der Waals surface area contributed by atoms with E-state index in [4.69, 9.17) is 5.41 Å². The molecule has 1 unspecified atom stereocenters. The van der Waals surface area contributed by atoms with Crippen molar-refractivity contribution in [2.75, 3.05) is 39.1 Å². The third kappa shape index (κ3) is 3.92. The number of nitrogens with one attached hydrogen (secondary N) is 2. The molecule has 5 N–H and O–H groups in total. The first-order valence-electron chi connectivity index (χ1n) is 10.0. The fourth-order valence-corrected chi connectivity index (χ4v) is 3.96. The quantitative estimate of drug-likeness (QED) is 0.426. The Labute approximate surface area is 179 Å². The van der Waals surface area contributed by atoms with Crippen molar-refractivity contribution in [1.29, 1.82) is 5.41 Å². The van der Waals surface area contributed by atoms with Gasteiger partial charge in [0.25, 0.3) is 0 Å². The molecular formula is C21H26FN8O+. The van der Waals surface area contributed by atoms with E-state index in [1.807, 2.05) is 37.0 Å². The number of nitrogens with zero attached hydrogens (tertiary/aromatic N) is 5. The average Bonchev–Trinajstić information content (AvgIpc) is 3.35. The topological polar surface area (TPSA) is 122 Å². The van der Waals surface area contributed by atoms with Crippen molar-refractivity contribution in [3.8, 4) is 11.4 Å². The molecule has 0 amide bonds. The summed E-state index contributed by atoms with van der Waals surface area (Å²) in [7, 11) is 5.72. The molecule has 1 aliphatic heterocycles. The van der Waals surface area contributed by atoms with Crippen LogP contribution in [0.1, 0.15) is 5.56 Å². The highest BCUT2D eigenvalue weighted by molar-refractivity contribution is 6.09. The van der Waals surface area contributed by atoms with E-state index in [1.165, 1.54) is 12.4 Å². The summed E-state index contributed by atoms with van der Waals surface area (Å²) < 4.78 is 14.6. The molecule has 1 aliphatic rings. The number of benzene rings is 1. The summed E-state index contributed by atoms with van der Waals surface area (Å²) in [5.74, 6) is 0.274. The number of aliphatic hydroxyl groups excluding tert-OH is 1. The Kier molecular flexibility index (Phi) is 5.77. The van der Waals surface area contributed by atoms with Crippen molar-refractivity contribution >= 4 is 28.5 Å². The van der Waals surface area contributed by atoms with Gasteiger partial charge in [-0.2, -0.15) is 5.10 Å². The largest absolute Gasteiger partial charge is 0.390 e. The maximum atomic E-state index is 14.6. The third-order valence-electron chi connectivity index (χ3n) is 5.60. The van der Waals surface area contributed by atoms with Crippen molar-refractivity contribution in [3.05, 3.63) is 42.1 Å². The Morgan fingerprint density at radius 2 is 2.13 bits per heavy atom. The lowest BCUT2D eigenvalue weighted by Crippen LogP contribution is -2.72. The van der Waals surface area contributed by atoms with Crippen LogP contribution in [-0.4, -0.2) is 82.8 Å². The van der Waals surface area contributed by atoms with E-state index >= 15 is 0 Å². The molecule has 2 aromatic heterocycles. The van der Waals surface area contributed by atoms with Crippen LogP contribution in [0.25, 0.3) is 27.9 Å². The van der Waals surface area contributed by atoms with Gasteiger partial charge in [0.05, 0.1) is 36.0 Å². The van der Waals surface area contributed by atoms with Crippen LogP contribution >= 0.6 is 0 Å². The van der Waals surface area contributed by atoms with Gasteiger partial charge in [0.1, 0.15) is 29.9 Å². The number of allylic oxidation sites excluding steroid dienone is 1. The Hall–Kier alpha value is -3.21. The zero-order chi connectivity index (χ0) is 22.1. The van der Waals surface area contributed by atoms with Crippen LogP contribution in [0.3, 0.4) is 0 Å². The molecule has 1 saturated heterocycles. The lowest BCUT2D eigenvalue weighted by molar-refractivity contribution is -0.555. The molecular weight excluding hydrogens is 399 g/mol. The van der Waals surface area contributed by atoms with Gasteiger partial charge in [0.2, 0.25) is 0 Å². The first-order valence-corrected chi connectivity index (χ1v) is 10.0. The van der Waals surface area contributed by atoms with Gasteiger partial charge in [-0.25, -0.2) is 14.4 Å². The number of anilines is 1. The molecule has 0 spiro atoms. The van der Waals surface area contributed by atoms with Gasteiger partial charge in [-0.15, -0.1) is 0 Å². The van der Waals surface area contributed by atoms with Gasteiger partial charge < -0.3 is 25.6 Å². The summed E-state index contributed by atoms with van der Waals surface area (Å²) in [6.07, 6.45) is 3.83. The second-order valence-electron chi connectivity index (χ2n) is 7.81. The highest BCUT2D eigenvalue weighted by Gasteiger charge is 2.33. The molecule has 3 aromatic rings. The number of hydrogen-bond donors (Lipinski definition) is 4. The zero-order valence-electron chi connectivity index (χ0n) is 17.7. The number of hydrogen-bond acceptors (Lipinski definition) is 7. The number of likely N-dealkylation sites (N-methyl/N-ethyl adjacent to an activating group) is 1. The van der Waals surface area contributed by atoms with Gasteiger partial charge in [-0.1, -0.05) is 0 Å². The van der Waals surface area contributed by atoms with E-state index in [0.29, 0.717) is 52.3 Å². The van der Waals surface area contributed by atoms with Gasteiger partial charge in [0.15, 0.2) is 0 Å². The van der Waals surface area contributed by atoms with Crippen LogP contribution in [0, 0.1) is 11.2 Å².